The van der Waals surface area contributed by atoms with Gasteiger partial charge in [0.05, 0.1) is 0 Å². The summed E-state index contributed by atoms with van der Waals surface area (Å²) in [6.45, 7) is 0. The maximum absolute atomic E-state index is 8.05. The van der Waals surface area contributed by atoms with E-state index in [0.717, 1.165) is 0 Å². The highest BCUT2D eigenvalue weighted by Gasteiger charge is 2.03. The molecule has 0 amide bonds. The molecule has 0 saturated heterocycles. The summed E-state index contributed by atoms with van der Waals surface area (Å²) in [7, 11) is 0. The van der Waals surface area contributed by atoms with Crippen LogP contribution in [-0.2, 0) is 0 Å². The van der Waals surface area contributed by atoms with Crippen LogP contribution < -0.4 is 0 Å². The van der Waals surface area contributed by atoms with Crippen LogP contribution in [0.1, 0.15) is 0 Å². The van der Waals surface area contributed by atoms with Crippen LogP contribution in [0.4, 0.5) is 0 Å². The summed E-state index contributed by atoms with van der Waals surface area (Å²) in [6.07, 6.45) is 0. The minimum absolute atomic E-state index is 0.0463. The molecule has 1 aliphatic rings. The first-order valence-corrected chi connectivity index (χ1v) is 1.82. The highest BCUT2D eigenvalue weighted by molar-refractivity contribution is 6.07. The molecule has 1 heterocycles. The van der Waals surface area contributed by atoms with Crippen LogP contribution in [0.25, 0.3) is 0 Å². The van der Waals surface area contributed by atoms with E-state index in [2.05, 4.69) is 15.2 Å². The number of guanidine groups is 1. The first kappa shape index (κ1) is 4.59. The van der Waals surface area contributed by atoms with Crippen molar-refractivity contribution in [2.75, 3.05) is 0 Å². The summed E-state index contributed by atoms with van der Waals surface area (Å²) in [6, 6.07) is 1.64. The molecule has 0 aliphatic carbocycles. The molecule has 0 atom stereocenters. The number of hydrogen-bond donors (Lipinski definition) is 1. The van der Waals surface area contributed by atoms with Gasteiger partial charge in [-0.05, 0) is 0 Å². The van der Waals surface area contributed by atoms with Gasteiger partial charge in [-0.25, -0.2) is 0 Å². The first-order chi connectivity index (χ1) is 3.83. The molecule has 0 aromatic heterocycles. The molecular weight excluding hydrogens is 106 g/mol. The van der Waals surface area contributed by atoms with Crippen LogP contribution >= 0.6 is 0 Å². The summed E-state index contributed by atoms with van der Waals surface area (Å²) in [5, 5.41) is 21.1. The average molecular weight is 107 g/mol. The SMILES string of the molecule is N#CC1=NC(=N)N=N1. The normalized spacial score (nSPS) is 15.9. The smallest absolute Gasteiger partial charge is 0.264 e. The lowest BCUT2D eigenvalue weighted by Crippen LogP contribution is -1.82. The van der Waals surface area contributed by atoms with Crippen molar-refractivity contribution < 1.29 is 0 Å². The Morgan fingerprint density at radius 1 is 1.50 bits per heavy atom. The lowest BCUT2D eigenvalue weighted by atomic mass is 10.7. The van der Waals surface area contributed by atoms with E-state index in [0.29, 0.717) is 0 Å². The number of nitriles is 1. The van der Waals surface area contributed by atoms with Crippen LogP contribution in [0, 0.1) is 16.7 Å². The molecule has 0 fully saturated rings. The predicted octanol–water partition coefficient (Wildman–Crippen LogP) is 0.309. The topological polar surface area (TPSA) is 84.7 Å². The number of aliphatic imine (C=N–C) groups is 1. The molecule has 1 N–H and O–H groups in total. The zero-order valence-electron chi connectivity index (χ0n) is 3.79. The Morgan fingerprint density at radius 3 is 2.50 bits per heavy atom. The third-order valence-electron chi connectivity index (χ3n) is 0.551. The molecule has 0 spiro atoms. The van der Waals surface area contributed by atoms with Gasteiger partial charge in [0.25, 0.3) is 11.8 Å². The van der Waals surface area contributed by atoms with Crippen molar-refractivity contribution in [1.29, 1.82) is 10.7 Å². The van der Waals surface area contributed by atoms with Crippen molar-refractivity contribution in [2.45, 2.75) is 0 Å². The van der Waals surface area contributed by atoms with E-state index < -0.39 is 0 Å². The van der Waals surface area contributed by atoms with E-state index in [1.807, 2.05) is 0 Å². The largest absolute Gasteiger partial charge is 0.264 e. The summed E-state index contributed by atoms with van der Waals surface area (Å²) >= 11 is 0. The first-order valence-electron chi connectivity index (χ1n) is 1.82. The standard InChI is InChI=1S/C3HN5/c4-1-2-6-3(5)8-7-2/h5H. The summed E-state index contributed by atoms with van der Waals surface area (Å²) in [5.41, 5.74) is 0. The van der Waals surface area contributed by atoms with E-state index >= 15 is 0 Å². The molecule has 0 radical (unpaired) electrons. The highest BCUT2D eigenvalue weighted by Crippen LogP contribution is 1.94. The molecule has 1 aliphatic heterocycles. The van der Waals surface area contributed by atoms with Gasteiger partial charge in [0, 0.05) is 0 Å². The molecule has 0 saturated carbocycles. The van der Waals surface area contributed by atoms with Crippen molar-refractivity contribution in [3.05, 3.63) is 0 Å². The van der Waals surface area contributed by atoms with E-state index in [9.17, 15) is 0 Å². The minimum atomic E-state index is -0.207. The lowest BCUT2D eigenvalue weighted by molar-refractivity contribution is 1.32. The molecule has 0 aromatic rings. The molecule has 0 unspecified atom stereocenters. The second-order valence-corrected chi connectivity index (χ2v) is 1.07. The van der Waals surface area contributed by atoms with Crippen molar-refractivity contribution in [2.24, 2.45) is 15.2 Å². The Hall–Kier alpha value is -1.57. The van der Waals surface area contributed by atoms with Gasteiger partial charge in [0.1, 0.15) is 6.07 Å². The van der Waals surface area contributed by atoms with Crippen molar-refractivity contribution in [3.8, 4) is 6.07 Å². The van der Waals surface area contributed by atoms with Crippen molar-refractivity contribution in [3.63, 3.8) is 0 Å². The highest BCUT2D eigenvalue weighted by atomic mass is 15.3. The fourth-order valence-corrected chi connectivity index (χ4v) is 0.287. The number of hydrogen-bond acceptors (Lipinski definition) is 3. The Balaban J connectivity index is 2.92. The predicted molar refractivity (Wildman–Crippen MR) is 25.6 cm³/mol. The third kappa shape index (κ3) is 0.586. The molecule has 5 heteroatoms. The van der Waals surface area contributed by atoms with Gasteiger partial charge in [0.2, 0.25) is 0 Å². The molecule has 38 valence electrons. The zero-order chi connectivity index (χ0) is 5.98. The summed E-state index contributed by atoms with van der Waals surface area (Å²) in [5.74, 6) is -0.253. The molecule has 5 nitrogen and oxygen atoms in total. The lowest BCUT2D eigenvalue weighted by Gasteiger charge is -1.66. The van der Waals surface area contributed by atoms with Gasteiger partial charge in [0.15, 0.2) is 0 Å². The quantitative estimate of drug-likeness (QED) is 0.474. The average Bonchev–Trinajstić information content (AvgIpc) is 2.14. The van der Waals surface area contributed by atoms with Crippen LogP contribution in [-0.4, -0.2) is 11.8 Å². The zero-order valence-corrected chi connectivity index (χ0v) is 3.79. The van der Waals surface area contributed by atoms with Gasteiger partial charge in [-0.15, -0.1) is 10.2 Å². The molecule has 0 bridgehead atoms. The number of amidine groups is 1. The van der Waals surface area contributed by atoms with Gasteiger partial charge < -0.3 is 0 Å². The Labute approximate surface area is 44.9 Å². The van der Waals surface area contributed by atoms with Gasteiger partial charge in [-0.1, -0.05) is 0 Å². The Kier molecular flexibility index (Phi) is 0.860. The van der Waals surface area contributed by atoms with E-state index in [1.54, 1.807) is 6.07 Å². The molecular formula is C3HN5. The number of azo groups is 1. The minimum Gasteiger partial charge on any atom is -0.264 e. The van der Waals surface area contributed by atoms with Crippen LogP contribution in [0.5, 0.6) is 0 Å². The Bertz CT molecular complexity index is 216. The fourth-order valence-electron chi connectivity index (χ4n) is 0.287. The van der Waals surface area contributed by atoms with Crippen molar-refractivity contribution >= 4 is 11.8 Å². The van der Waals surface area contributed by atoms with Gasteiger partial charge in [-0.3, -0.25) is 5.41 Å². The van der Waals surface area contributed by atoms with E-state index in [1.165, 1.54) is 0 Å². The van der Waals surface area contributed by atoms with Gasteiger partial charge >= 0.3 is 0 Å². The van der Waals surface area contributed by atoms with Gasteiger partial charge in [-0.2, -0.15) is 10.3 Å². The maximum Gasteiger partial charge on any atom is 0.264 e. The third-order valence-corrected chi connectivity index (χ3v) is 0.551. The maximum atomic E-state index is 8.05. The fraction of sp³-hybridized carbons (Fsp3) is 0. The summed E-state index contributed by atoms with van der Waals surface area (Å²) in [4.78, 5) is 3.31. The Morgan fingerprint density at radius 2 is 2.25 bits per heavy atom. The summed E-state index contributed by atoms with van der Waals surface area (Å²) < 4.78 is 0. The second-order valence-electron chi connectivity index (χ2n) is 1.07. The number of rotatable bonds is 0. The van der Waals surface area contributed by atoms with Crippen LogP contribution in [0.2, 0.25) is 0 Å². The molecule has 1 rings (SSSR count). The van der Waals surface area contributed by atoms with E-state index in [-0.39, 0.29) is 11.8 Å². The second kappa shape index (κ2) is 1.50. The molecule has 8 heavy (non-hydrogen) atoms. The number of nitrogens with one attached hydrogen (secondary N) is 1. The van der Waals surface area contributed by atoms with Crippen molar-refractivity contribution in [1.82, 2.24) is 0 Å². The monoisotopic (exact) mass is 107 g/mol. The number of nitrogens with zero attached hydrogens (tertiary/aromatic N) is 4. The van der Waals surface area contributed by atoms with E-state index in [4.69, 9.17) is 10.7 Å². The molecule has 0 aromatic carbocycles. The van der Waals surface area contributed by atoms with Crippen LogP contribution in [0.15, 0.2) is 15.2 Å². The van der Waals surface area contributed by atoms with Crippen LogP contribution in [0.3, 0.4) is 0 Å².